The van der Waals surface area contributed by atoms with Gasteiger partial charge in [0.1, 0.15) is 23.3 Å². The minimum atomic E-state index is -1.17. The number of hydrogen-bond donors (Lipinski definition) is 3. The number of H-pyrrole nitrogens is 1. The van der Waals surface area contributed by atoms with Crippen LogP contribution in [0.5, 0.6) is 5.75 Å². The van der Waals surface area contributed by atoms with Crippen molar-refractivity contribution in [2.75, 3.05) is 75.6 Å². The second kappa shape index (κ2) is 17.3. The number of benzene rings is 3. The van der Waals surface area contributed by atoms with Gasteiger partial charge in [-0.25, -0.2) is 17.6 Å². The summed E-state index contributed by atoms with van der Waals surface area (Å²) >= 11 is 0. The highest BCUT2D eigenvalue weighted by atomic mass is 19.2. The Bertz CT molecular complexity index is 2600. The third-order valence-electron chi connectivity index (χ3n) is 11.6. The lowest BCUT2D eigenvalue weighted by atomic mass is 9.92. The molecule has 8 rings (SSSR count). The maximum Gasteiger partial charge on any atom is 0.269 e. The molecule has 0 radical (unpaired) electrons. The Morgan fingerprint density at radius 3 is 2.37 bits per heavy atom. The molecule has 18 heteroatoms. The number of aromatic amines is 1. The zero-order valence-corrected chi connectivity index (χ0v) is 34.4. The molecule has 1 atom stereocenters. The Morgan fingerprint density at radius 1 is 0.919 bits per heavy atom. The molecule has 3 N–H and O–H groups in total. The summed E-state index contributed by atoms with van der Waals surface area (Å²) in [6.07, 6.45) is 6.23. The van der Waals surface area contributed by atoms with E-state index in [9.17, 15) is 19.2 Å². The molecule has 0 spiro atoms. The molecule has 0 bridgehead atoms. The van der Waals surface area contributed by atoms with E-state index in [1.807, 2.05) is 6.08 Å². The van der Waals surface area contributed by atoms with E-state index in [0.29, 0.717) is 25.1 Å². The summed E-state index contributed by atoms with van der Waals surface area (Å²) in [5.41, 5.74) is 1.04. The number of piperazine rings is 1. The van der Waals surface area contributed by atoms with Gasteiger partial charge in [-0.05, 0) is 54.3 Å². The average Bonchev–Trinajstić information content (AvgIpc) is 3.97. The number of carbonyl (C=O) groups is 4. The Morgan fingerprint density at radius 2 is 1.68 bits per heavy atom. The third kappa shape index (κ3) is 8.15. The highest BCUT2D eigenvalue weighted by Crippen LogP contribution is 2.40. The van der Waals surface area contributed by atoms with Crippen LogP contribution in [0.15, 0.2) is 60.9 Å². The number of imide groups is 1. The normalized spacial score (nSPS) is 17.0. The molecule has 1 unspecified atom stereocenters. The number of amides is 4. The Kier molecular flexibility index (Phi) is 11.7. The van der Waals surface area contributed by atoms with Crippen molar-refractivity contribution in [1.29, 1.82) is 0 Å². The Balaban J connectivity index is 1.04. The van der Waals surface area contributed by atoms with Crippen molar-refractivity contribution in [2.24, 2.45) is 0 Å². The zero-order chi connectivity index (χ0) is 43.8. The number of ether oxygens (including phenoxy) is 1. The van der Waals surface area contributed by atoms with E-state index < -0.39 is 41.1 Å². The van der Waals surface area contributed by atoms with Crippen LogP contribution in [-0.2, 0) is 20.9 Å². The van der Waals surface area contributed by atoms with Crippen molar-refractivity contribution in [3.8, 4) is 16.9 Å². The largest absolute Gasteiger partial charge is 0.495 e. The molecule has 3 aliphatic heterocycles. The average molecular weight is 856 g/mol. The molecule has 5 aromatic rings. The van der Waals surface area contributed by atoms with E-state index in [1.54, 1.807) is 51.9 Å². The van der Waals surface area contributed by atoms with Crippen molar-refractivity contribution in [1.82, 2.24) is 29.9 Å². The van der Waals surface area contributed by atoms with Crippen LogP contribution in [0, 0.1) is 23.3 Å². The van der Waals surface area contributed by atoms with Crippen molar-refractivity contribution < 1.29 is 41.5 Å². The summed E-state index contributed by atoms with van der Waals surface area (Å²) in [5.74, 6) is -4.77. The number of fused-ring (bicyclic) bond motifs is 1. The number of anilines is 3. The molecule has 4 amide bonds. The summed E-state index contributed by atoms with van der Waals surface area (Å²) < 4.78 is 72.2. The fourth-order valence-corrected chi connectivity index (χ4v) is 8.29. The van der Waals surface area contributed by atoms with Gasteiger partial charge in [-0.1, -0.05) is 6.08 Å². The fourth-order valence-electron chi connectivity index (χ4n) is 8.29. The number of aryl methyl sites for hydroxylation is 1. The number of carbonyl (C=O) groups excluding carboxylic acids is 4. The molecule has 0 aliphatic carbocycles. The smallest absolute Gasteiger partial charge is 0.269 e. The number of rotatable bonds is 11. The summed E-state index contributed by atoms with van der Waals surface area (Å²) in [7, 11) is 4.50. The molecule has 2 saturated heterocycles. The highest BCUT2D eigenvalue weighted by molar-refractivity contribution is 6.05. The van der Waals surface area contributed by atoms with E-state index in [0.717, 1.165) is 0 Å². The second-order valence-corrected chi connectivity index (χ2v) is 15.7. The SMILES string of the molecule is COc1cc(N2CCN(c3ccc(-c4cc(C5=CCCN(C(=O)CCn6cccn6)C5)c(F)c5[nH]c(C(=O)N(C)C)cc45)c(F)c3F)CC2)c(F)cc1NC1CCC(=O)NC1=O. The lowest BCUT2D eigenvalue weighted by Gasteiger charge is -2.38. The number of nitrogens with zero attached hydrogens (tertiary/aromatic N) is 6. The lowest BCUT2D eigenvalue weighted by Crippen LogP contribution is -2.47. The summed E-state index contributed by atoms with van der Waals surface area (Å²) in [4.78, 5) is 59.4. The monoisotopic (exact) mass is 855 g/mol. The van der Waals surface area contributed by atoms with Crippen LogP contribution in [0.3, 0.4) is 0 Å². The van der Waals surface area contributed by atoms with Crippen LogP contribution in [0.2, 0.25) is 0 Å². The van der Waals surface area contributed by atoms with Crippen LogP contribution >= 0.6 is 0 Å². The van der Waals surface area contributed by atoms with Crippen molar-refractivity contribution in [3.63, 3.8) is 0 Å². The highest BCUT2D eigenvalue weighted by Gasteiger charge is 2.31. The van der Waals surface area contributed by atoms with Crippen molar-refractivity contribution in [3.05, 3.63) is 95.5 Å². The molecule has 2 fully saturated rings. The summed E-state index contributed by atoms with van der Waals surface area (Å²) in [6, 6.07) is 9.51. The number of piperidine rings is 1. The van der Waals surface area contributed by atoms with Gasteiger partial charge in [-0.15, -0.1) is 0 Å². The van der Waals surface area contributed by atoms with Gasteiger partial charge in [0, 0.05) is 114 Å². The van der Waals surface area contributed by atoms with Gasteiger partial charge in [-0.3, -0.25) is 29.2 Å². The Labute approximate surface area is 354 Å². The third-order valence-corrected chi connectivity index (χ3v) is 11.6. The topological polar surface area (TPSA) is 148 Å². The molecular formula is C44H45F4N9O5. The Hall–Kier alpha value is -6.85. The quantitative estimate of drug-likeness (QED) is 0.115. The van der Waals surface area contributed by atoms with Gasteiger partial charge in [0.05, 0.1) is 29.7 Å². The standard InChI is InChI=1S/C44H45F4N9O5/c1-53(2)44(61)33-21-29-28(20-27(40(47)42(29)51-33)25-6-4-13-56(24-25)38(59)11-15-57-14-5-12-49-57)26-7-9-34(41(48)39(26)46)54-16-18-55(19-17-54)35-23-36(62-3)32(22-30(35)45)50-31-8-10-37(58)52-43(31)60/h5-7,9,12,14,20-23,31,50-51H,4,8,10-11,13,15-19,24H2,1-3H3,(H,52,58,60). The summed E-state index contributed by atoms with van der Waals surface area (Å²) in [6.45, 7) is 1.80. The number of aromatic nitrogens is 3. The number of halogens is 4. The van der Waals surface area contributed by atoms with E-state index in [4.69, 9.17) is 4.74 Å². The maximum atomic E-state index is 16.6. The minimum absolute atomic E-state index is 0.0110. The predicted molar refractivity (Wildman–Crippen MR) is 225 cm³/mol. The van der Waals surface area contributed by atoms with Crippen LogP contribution in [0.1, 0.15) is 41.7 Å². The summed E-state index contributed by atoms with van der Waals surface area (Å²) in [5, 5.41) is 9.55. The molecule has 5 heterocycles. The van der Waals surface area contributed by atoms with E-state index in [1.165, 1.54) is 48.4 Å². The first kappa shape index (κ1) is 41.9. The minimum Gasteiger partial charge on any atom is -0.495 e. The second-order valence-electron chi connectivity index (χ2n) is 15.7. The molecule has 0 saturated carbocycles. The van der Waals surface area contributed by atoms with Gasteiger partial charge in [-0.2, -0.15) is 5.10 Å². The molecular weight excluding hydrogens is 811 g/mol. The zero-order valence-electron chi connectivity index (χ0n) is 34.4. The molecule has 62 heavy (non-hydrogen) atoms. The van der Waals surface area contributed by atoms with Crippen LogP contribution in [0.4, 0.5) is 34.6 Å². The maximum absolute atomic E-state index is 16.6. The van der Waals surface area contributed by atoms with E-state index in [2.05, 4.69) is 20.7 Å². The van der Waals surface area contributed by atoms with E-state index in [-0.39, 0.29) is 120 Å². The first-order chi connectivity index (χ1) is 29.8. The van der Waals surface area contributed by atoms with Gasteiger partial charge < -0.3 is 34.6 Å². The molecule has 14 nitrogen and oxygen atoms in total. The lowest BCUT2D eigenvalue weighted by molar-refractivity contribution is -0.134. The van der Waals surface area contributed by atoms with Crippen LogP contribution < -0.4 is 25.2 Å². The van der Waals surface area contributed by atoms with Gasteiger partial charge >= 0.3 is 0 Å². The fraction of sp³-hybridized carbons (Fsp3) is 0.341. The van der Waals surface area contributed by atoms with Gasteiger partial charge in [0.25, 0.3) is 5.91 Å². The van der Waals surface area contributed by atoms with Crippen LogP contribution in [0.25, 0.3) is 27.6 Å². The molecule has 3 aromatic carbocycles. The number of hydrogen-bond acceptors (Lipinski definition) is 9. The predicted octanol–water partition coefficient (Wildman–Crippen LogP) is 5.55. The van der Waals surface area contributed by atoms with Crippen molar-refractivity contribution >= 4 is 57.2 Å². The van der Waals surface area contributed by atoms with Gasteiger partial charge in [0.15, 0.2) is 17.5 Å². The number of methoxy groups -OCH3 is 1. The van der Waals surface area contributed by atoms with Crippen LogP contribution in [-0.4, -0.2) is 115 Å². The first-order valence-corrected chi connectivity index (χ1v) is 20.3. The first-order valence-electron chi connectivity index (χ1n) is 20.3. The van der Waals surface area contributed by atoms with Gasteiger partial charge in [0.2, 0.25) is 17.7 Å². The van der Waals surface area contributed by atoms with Crippen molar-refractivity contribution in [2.45, 2.75) is 38.3 Å². The van der Waals surface area contributed by atoms with E-state index >= 15 is 17.6 Å². The molecule has 324 valence electrons. The molecule has 2 aromatic heterocycles. The molecule has 3 aliphatic rings. The number of nitrogens with one attached hydrogen (secondary N) is 3.